The lowest BCUT2D eigenvalue weighted by Crippen LogP contribution is -2.15. The van der Waals surface area contributed by atoms with Crippen LogP contribution in [0.4, 0.5) is 0 Å². The first-order valence-corrected chi connectivity index (χ1v) is 7.14. The van der Waals surface area contributed by atoms with Crippen LogP contribution in [0.3, 0.4) is 0 Å². The van der Waals surface area contributed by atoms with Crippen LogP contribution in [0.5, 0.6) is 11.6 Å². The van der Waals surface area contributed by atoms with Crippen LogP contribution in [0.1, 0.15) is 29.5 Å². The number of hydrogen-bond donors (Lipinski definition) is 1. The van der Waals surface area contributed by atoms with Crippen LogP contribution in [0.25, 0.3) is 0 Å². The van der Waals surface area contributed by atoms with Crippen molar-refractivity contribution in [1.29, 1.82) is 0 Å². The first kappa shape index (κ1) is 13.1. The van der Waals surface area contributed by atoms with Crippen LogP contribution in [0, 0.1) is 13.8 Å². The molecule has 20 heavy (non-hydrogen) atoms. The minimum absolute atomic E-state index is 0.656. The topological polar surface area (TPSA) is 34.1 Å². The third-order valence-corrected chi connectivity index (χ3v) is 3.67. The molecule has 0 aliphatic heterocycles. The molecule has 3 heteroatoms. The van der Waals surface area contributed by atoms with Gasteiger partial charge in [0.05, 0.1) is 0 Å². The smallest absolute Gasteiger partial charge is 0.219 e. The van der Waals surface area contributed by atoms with Gasteiger partial charge in [0.25, 0.3) is 0 Å². The Hall–Kier alpha value is -1.87. The molecule has 1 aromatic heterocycles. The molecular weight excluding hydrogens is 248 g/mol. The zero-order valence-electron chi connectivity index (χ0n) is 12.0. The van der Waals surface area contributed by atoms with Crippen LogP contribution >= 0.6 is 0 Å². The van der Waals surface area contributed by atoms with Gasteiger partial charge >= 0.3 is 0 Å². The summed E-state index contributed by atoms with van der Waals surface area (Å²) in [7, 11) is 0. The quantitative estimate of drug-likeness (QED) is 0.897. The fourth-order valence-corrected chi connectivity index (χ4v) is 2.06. The van der Waals surface area contributed by atoms with E-state index in [4.69, 9.17) is 4.74 Å². The second-order valence-electron chi connectivity index (χ2n) is 5.51. The van der Waals surface area contributed by atoms with E-state index in [9.17, 15) is 0 Å². The van der Waals surface area contributed by atoms with E-state index in [1.807, 2.05) is 24.3 Å². The molecule has 0 spiro atoms. The number of hydrogen-bond acceptors (Lipinski definition) is 3. The summed E-state index contributed by atoms with van der Waals surface area (Å²) in [5.74, 6) is 1.50. The van der Waals surface area contributed by atoms with E-state index in [1.165, 1.54) is 29.5 Å². The molecule has 3 rings (SSSR count). The average Bonchev–Trinajstić information content (AvgIpc) is 3.25. The highest BCUT2D eigenvalue weighted by Crippen LogP contribution is 2.23. The third-order valence-electron chi connectivity index (χ3n) is 3.67. The molecule has 1 saturated carbocycles. The summed E-state index contributed by atoms with van der Waals surface area (Å²) < 4.78 is 5.84. The normalized spacial score (nSPS) is 14.3. The highest BCUT2D eigenvalue weighted by molar-refractivity contribution is 5.36. The Kier molecular flexibility index (Phi) is 3.70. The molecule has 0 atom stereocenters. The van der Waals surface area contributed by atoms with Crippen molar-refractivity contribution < 1.29 is 4.74 Å². The molecule has 0 amide bonds. The standard InChI is InChI=1S/C17H20N2O/c1-12-3-6-16(9-13(12)2)20-17-10-14(7-8-18-17)11-19-15-4-5-15/h3,6-10,15,19H,4-5,11H2,1-2H3. The van der Waals surface area contributed by atoms with Gasteiger partial charge in [0.15, 0.2) is 0 Å². The number of pyridine rings is 1. The summed E-state index contributed by atoms with van der Waals surface area (Å²) >= 11 is 0. The fraction of sp³-hybridized carbons (Fsp3) is 0.353. The highest BCUT2D eigenvalue weighted by atomic mass is 16.5. The SMILES string of the molecule is Cc1ccc(Oc2cc(CNC3CC3)ccn2)cc1C. The zero-order chi connectivity index (χ0) is 13.9. The van der Waals surface area contributed by atoms with Crippen LogP contribution < -0.4 is 10.1 Å². The minimum Gasteiger partial charge on any atom is -0.439 e. The Labute approximate surface area is 120 Å². The summed E-state index contributed by atoms with van der Waals surface area (Å²) in [5, 5.41) is 3.50. The summed E-state index contributed by atoms with van der Waals surface area (Å²) in [6.07, 6.45) is 4.41. The lowest BCUT2D eigenvalue weighted by molar-refractivity contribution is 0.461. The van der Waals surface area contributed by atoms with Gasteiger partial charge in [0, 0.05) is 24.8 Å². The van der Waals surface area contributed by atoms with Gasteiger partial charge in [0.1, 0.15) is 5.75 Å². The van der Waals surface area contributed by atoms with Gasteiger partial charge in [-0.25, -0.2) is 4.98 Å². The van der Waals surface area contributed by atoms with E-state index >= 15 is 0 Å². The van der Waals surface area contributed by atoms with E-state index in [1.54, 1.807) is 6.20 Å². The second kappa shape index (κ2) is 5.63. The Bertz CT molecular complexity index is 606. The highest BCUT2D eigenvalue weighted by Gasteiger charge is 2.19. The molecule has 1 fully saturated rings. The number of ether oxygens (including phenoxy) is 1. The van der Waals surface area contributed by atoms with Crippen molar-refractivity contribution in [2.45, 2.75) is 39.3 Å². The molecule has 0 unspecified atom stereocenters. The first-order chi connectivity index (χ1) is 9.70. The van der Waals surface area contributed by atoms with E-state index in [0.29, 0.717) is 11.9 Å². The second-order valence-corrected chi connectivity index (χ2v) is 5.51. The fourth-order valence-electron chi connectivity index (χ4n) is 2.06. The number of rotatable bonds is 5. The molecule has 0 radical (unpaired) electrons. The van der Waals surface area contributed by atoms with Crippen molar-refractivity contribution >= 4 is 0 Å². The monoisotopic (exact) mass is 268 g/mol. The van der Waals surface area contributed by atoms with E-state index in [-0.39, 0.29) is 0 Å². The van der Waals surface area contributed by atoms with Crippen molar-refractivity contribution in [3.63, 3.8) is 0 Å². The molecule has 1 heterocycles. The minimum atomic E-state index is 0.656. The van der Waals surface area contributed by atoms with Crippen LogP contribution in [0.2, 0.25) is 0 Å². The number of aromatic nitrogens is 1. The predicted molar refractivity (Wildman–Crippen MR) is 80.1 cm³/mol. The number of nitrogens with zero attached hydrogens (tertiary/aromatic N) is 1. The van der Waals surface area contributed by atoms with E-state index < -0.39 is 0 Å². The first-order valence-electron chi connectivity index (χ1n) is 7.14. The lowest BCUT2D eigenvalue weighted by atomic mass is 10.1. The van der Waals surface area contributed by atoms with Crippen molar-refractivity contribution in [1.82, 2.24) is 10.3 Å². The summed E-state index contributed by atoms with van der Waals surface area (Å²) in [6, 6.07) is 10.9. The van der Waals surface area contributed by atoms with Gasteiger partial charge in [0.2, 0.25) is 5.88 Å². The maximum absolute atomic E-state index is 5.84. The predicted octanol–water partition coefficient (Wildman–Crippen LogP) is 3.74. The molecule has 0 saturated heterocycles. The molecule has 0 bridgehead atoms. The molecule has 104 valence electrons. The molecule has 2 aromatic rings. The van der Waals surface area contributed by atoms with E-state index in [0.717, 1.165) is 12.3 Å². The Morgan fingerprint density at radius 3 is 2.75 bits per heavy atom. The van der Waals surface area contributed by atoms with Crippen LogP contribution in [-0.2, 0) is 6.54 Å². The van der Waals surface area contributed by atoms with Gasteiger partial charge in [-0.05, 0) is 61.6 Å². The summed E-state index contributed by atoms with van der Waals surface area (Å²) in [5.41, 5.74) is 3.72. The van der Waals surface area contributed by atoms with Crippen LogP contribution in [0.15, 0.2) is 36.5 Å². The summed E-state index contributed by atoms with van der Waals surface area (Å²) in [6.45, 7) is 5.07. The molecule has 1 aromatic carbocycles. The molecule has 3 nitrogen and oxygen atoms in total. The third kappa shape index (κ3) is 3.36. The zero-order valence-corrected chi connectivity index (χ0v) is 12.0. The van der Waals surface area contributed by atoms with Gasteiger partial charge in [-0.1, -0.05) is 6.07 Å². The Morgan fingerprint density at radius 1 is 1.15 bits per heavy atom. The van der Waals surface area contributed by atoms with Crippen molar-refractivity contribution in [2.75, 3.05) is 0 Å². The van der Waals surface area contributed by atoms with Gasteiger partial charge in [-0.2, -0.15) is 0 Å². The molecule has 1 aliphatic carbocycles. The van der Waals surface area contributed by atoms with Crippen LogP contribution in [-0.4, -0.2) is 11.0 Å². The van der Waals surface area contributed by atoms with Crippen molar-refractivity contribution in [3.05, 3.63) is 53.2 Å². The number of nitrogens with one attached hydrogen (secondary N) is 1. The summed E-state index contributed by atoms with van der Waals surface area (Å²) in [4.78, 5) is 4.28. The van der Waals surface area contributed by atoms with Gasteiger partial charge < -0.3 is 10.1 Å². The van der Waals surface area contributed by atoms with E-state index in [2.05, 4.69) is 30.2 Å². The van der Waals surface area contributed by atoms with Crippen molar-refractivity contribution in [2.24, 2.45) is 0 Å². The Morgan fingerprint density at radius 2 is 2.00 bits per heavy atom. The molecular formula is C17H20N2O. The number of benzene rings is 1. The van der Waals surface area contributed by atoms with Gasteiger partial charge in [-0.15, -0.1) is 0 Å². The maximum Gasteiger partial charge on any atom is 0.219 e. The Balaban J connectivity index is 1.69. The molecule has 1 aliphatic rings. The number of aryl methyl sites for hydroxylation is 2. The lowest BCUT2D eigenvalue weighted by Gasteiger charge is -2.09. The maximum atomic E-state index is 5.84. The van der Waals surface area contributed by atoms with Gasteiger partial charge in [-0.3, -0.25) is 0 Å². The van der Waals surface area contributed by atoms with Crippen molar-refractivity contribution in [3.8, 4) is 11.6 Å². The molecule has 1 N–H and O–H groups in total. The largest absolute Gasteiger partial charge is 0.439 e. The average molecular weight is 268 g/mol.